The summed E-state index contributed by atoms with van der Waals surface area (Å²) in [6, 6.07) is 1.92. The zero-order valence-electron chi connectivity index (χ0n) is 9.51. The smallest absolute Gasteiger partial charge is 0.324 e. The number of nitrogens with zero attached hydrogens (tertiary/aromatic N) is 4. The second kappa shape index (κ2) is 4.90. The quantitative estimate of drug-likeness (QED) is 0.888. The van der Waals surface area contributed by atoms with E-state index in [-0.39, 0.29) is 12.8 Å². The summed E-state index contributed by atoms with van der Waals surface area (Å²) < 4.78 is 0.792. The first-order valence-electron chi connectivity index (χ1n) is 5.44. The molecule has 0 atom stereocenters. The average Bonchev–Trinajstić information content (AvgIpc) is 2.39. The number of rotatable bonds is 2. The van der Waals surface area contributed by atoms with Crippen molar-refractivity contribution in [1.29, 1.82) is 5.26 Å². The number of halogens is 1. The summed E-state index contributed by atoms with van der Waals surface area (Å²) in [4.78, 5) is 21.3. The maximum Gasteiger partial charge on any atom is 0.324 e. The van der Waals surface area contributed by atoms with Gasteiger partial charge in [0, 0.05) is 25.5 Å². The molecule has 6 nitrogen and oxygen atoms in total. The fourth-order valence-corrected chi connectivity index (χ4v) is 2.14. The summed E-state index contributed by atoms with van der Waals surface area (Å²) in [5.41, 5.74) is -1.26. The van der Waals surface area contributed by atoms with Crippen LogP contribution in [0, 0.1) is 16.7 Å². The lowest BCUT2D eigenvalue weighted by Gasteiger charge is -2.34. The van der Waals surface area contributed by atoms with Crippen LogP contribution in [0.4, 0.5) is 5.95 Å². The highest BCUT2D eigenvalue weighted by atomic mass is 79.9. The molecule has 2 heterocycles. The van der Waals surface area contributed by atoms with E-state index in [0.717, 1.165) is 4.47 Å². The molecule has 1 saturated heterocycles. The van der Waals surface area contributed by atoms with Gasteiger partial charge < -0.3 is 10.0 Å². The van der Waals surface area contributed by atoms with Gasteiger partial charge in [0.05, 0.1) is 10.5 Å². The third kappa shape index (κ3) is 2.29. The van der Waals surface area contributed by atoms with Gasteiger partial charge in [0.25, 0.3) is 0 Å². The minimum atomic E-state index is -1.26. The fourth-order valence-electron chi connectivity index (χ4n) is 1.93. The molecular weight excluding hydrogens is 300 g/mol. The van der Waals surface area contributed by atoms with Gasteiger partial charge in [0.1, 0.15) is 0 Å². The summed E-state index contributed by atoms with van der Waals surface area (Å²) in [5.74, 6) is -0.475. The molecule has 1 N–H and O–H groups in total. The van der Waals surface area contributed by atoms with Gasteiger partial charge in [0.15, 0.2) is 5.41 Å². The molecule has 1 fully saturated rings. The molecule has 0 spiro atoms. The van der Waals surface area contributed by atoms with E-state index in [9.17, 15) is 4.79 Å². The Balaban J connectivity index is 2.09. The standard InChI is InChI=1S/C11H11BrN4O2/c12-8-5-14-10(15-6-8)16-3-1-11(7-13,2-4-16)9(17)18/h5-6H,1-4H2,(H,17,18). The van der Waals surface area contributed by atoms with E-state index in [1.807, 2.05) is 11.0 Å². The summed E-state index contributed by atoms with van der Waals surface area (Å²) in [6.07, 6.45) is 3.87. The Bertz CT molecular complexity index is 489. The minimum Gasteiger partial charge on any atom is -0.480 e. The molecule has 1 aromatic rings. The van der Waals surface area contributed by atoms with E-state index in [4.69, 9.17) is 10.4 Å². The van der Waals surface area contributed by atoms with Crippen LogP contribution in [-0.4, -0.2) is 34.1 Å². The molecule has 0 bridgehead atoms. The number of aromatic nitrogens is 2. The maximum atomic E-state index is 11.1. The van der Waals surface area contributed by atoms with E-state index in [0.29, 0.717) is 19.0 Å². The zero-order chi connectivity index (χ0) is 13.2. The molecule has 0 radical (unpaired) electrons. The van der Waals surface area contributed by atoms with Gasteiger partial charge in [0.2, 0.25) is 5.95 Å². The molecule has 1 aliphatic heterocycles. The molecule has 0 aliphatic carbocycles. The summed E-state index contributed by atoms with van der Waals surface area (Å²) in [7, 11) is 0. The topological polar surface area (TPSA) is 90.1 Å². The highest BCUT2D eigenvalue weighted by molar-refractivity contribution is 9.10. The van der Waals surface area contributed by atoms with Gasteiger partial charge in [-0.1, -0.05) is 0 Å². The molecule has 0 saturated carbocycles. The van der Waals surface area contributed by atoms with E-state index in [1.54, 1.807) is 12.4 Å². The number of aliphatic carboxylic acids is 1. The Morgan fingerprint density at radius 1 is 1.44 bits per heavy atom. The molecule has 1 aromatic heterocycles. The van der Waals surface area contributed by atoms with Crippen LogP contribution in [0.5, 0.6) is 0 Å². The third-order valence-corrected chi connectivity index (χ3v) is 3.54. The Kier molecular flexibility index (Phi) is 3.48. The molecular formula is C11H11BrN4O2. The molecule has 18 heavy (non-hydrogen) atoms. The minimum absolute atomic E-state index is 0.290. The van der Waals surface area contributed by atoms with E-state index >= 15 is 0 Å². The number of anilines is 1. The fraction of sp³-hybridized carbons (Fsp3) is 0.455. The van der Waals surface area contributed by atoms with Gasteiger partial charge in [-0.05, 0) is 28.8 Å². The van der Waals surface area contributed by atoms with Gasteiger partial charge >= 0.3 is 5.97 Å². The highest BCUT2D eigenvalue weighted by Crippen LogP contribution is 2.32. The van der Waals surface area contributed by atoms with Crippen molar-refractivity contribution in [3.05, 3.63) is 16.9 Å². The van der Waals surface area contributed by atoms with Crippen molar-refractivity contribution in [3.8, 4) is 6.07 Å². The monoisotopic (exact) mass is 310 g/mol. The molecule has 0 unspecified atom stereocenters. The van der Waals surface area contributed by atoms with Gasteiger partial charge in [-0.25, -0.2) is 9.97 Å². The van der Waals surface area contributed by atoms with E-state index in [2.05, 4.69) is 25.9 Å². The largest absolute Gasteiger partial charge is 0.480 e. The predicted molar refractivity (Wildman–Crippen MR) is 66.9 cm³/mol. The Labute approximate surface area is 112 Å². The van der Waals surface area contributed by atoms with Crippen LogP contribution in [0.15, 0.2) is 16.9 Å². The Morgan fingerprint density at radius 3 is 2.44 bits per heavy atom. The van der Waals surface area contributed by atoms with Gasteiger partial charge in [-0.3, -0.25) is 4.79 Å². The summed E-state index contributed by atoms with van der Waals surface area (Å²) in [6.45, 7) is 0.947. The lowest BCUT2D eigenvalue weighted by atomic mass is 9.80. The van der Waals surface area contributed by atoms with Crippen molar-refractivity contribution in [1.82, 2.24) is 9.97 Å². The van der Waals surface area contributed by atoms with Gasteiger partial charge in [-0.2, -0.15) is 5.26 Å². The lowest BCUT2D eigenvalue weighted by molar-refractivity contribution is -0.146. The van der Waals surface area contributed by atoms with Crippen LogP contribution in [0.3, 0.4) is 0 Å². The van der Waals surface area contributed by atoms with Crippen LogP contribution in [-0.2, 0) is 4.79 Å². The first-order valence-corrected chi connectivity index (χ1v) is 6.24. The molecule has 7 heteroatoms. The highest BCUT2D eigenvalue weighted by Gasteiger charge is 2.42. The maximum absolute atomic E-state index is 11.1. The molecule has 94 valence electrons. The number of nitriles is 1. The Hall–Kier alpha value is -1.68. The van der Waals surface area contributed by atoms with Crippen LogP contribution >= 0.6 is 15.9 Å². The van der Waals surface area contributed by atoms with Crippen molar-refractivity contribution >= 4 is 27.8 Å². The van der Waals surface area contributed by atoms with E-state index in [1.165, 1.54) is 0 Å². The predicted octanol–water partition coefficient (Wildman–Crippen LogP) is 1.43. The number of carboxylic acid groups (broad SMARTS) is 1. The van der Waals surface area contributed by atoms with Crippen molar-refractivity contribution in [2.45, 2.75) is 12.8 Å². The second-order valence-corrected chi connectivity index (χ2v) is 5.10. The Morgan fingerprint density at radius 2 is 2.00 bits per heavy atom. The SMILES string of the molecule is N#CC1(C(=O)O)CCN(c2ncc(Br)cn2)CC1. The lowest BCUT2D eigenvalue weighted by Crippen LogP contribution is -2.44. The normalized spacial score (nSPS) is 18.1. The van der Waals surface area contributed by atoms with Crippen LogP contribution in [0.1, 0.15) is 12.8 Å². The first kappa shape index (κ1) is 12.8. The summed E-state index contributed by atoms with van der Waals surface area (Å²) >= 11 is 3.25. The summed E-state index contributed by atoms with van der Waals surface area (Å²) in [5, 5.41) is 18.1. The third-order valence-electron chi connectivity index (χ3n) is 3.13. The average molecular weight is 311 g/mol. The number of piperidine rings is 1. The number of carboxylic acids is 1. The van der Waals surface area contributed by atoms with Crippen molar-refractivity contribution in [2.75, 3.05) is 18.0 Å². The van der Waals surface area contributed by atoms with Crippen molar-refractivity contribution in [2.24, 2.45) is 5.41 Å². The molecule has 1 aliphatic rings. The van der Waals surface area contributed by atoms with Crippen LogP contribution < -0.4 is 4.90 Å². The number of hydrogen-bond acceptors (Lipinski definition) is 5. The van der Waals surface area contributed by atoms with Crippen molar-refractivity contribution in [3.63, 3.8) is 0 Å². The molecule has 0 aromatic carbocycles. The van der Waals surface area contributed by atoms with Gasteiger partial charge in [-0.15, -0.1) is 0 Å². The zero-order valence-corrected chi connectivity index (χ0v) is 11.1. The van der Waals surface area contributed by atoms with Crippen molar-refractivity contribution < 1.29 is 9.90 Å². The van der Waals surface area contributed by atoms with Crippen LogP contribution in [0.25, 0.3) is 0 Å². The van der Waals surface area contributed by atoms with Crippen LogP contribution in [0.2, 0.25) is 0 Å². The van der Waals surface area contributed by atoms with E-state index < -0.39 is 11.4 Å². The molecule has 0 amide bonds. The second-order valence-electron chi connectivity index (χ2n) is 4.19. The number of carbonyl (C=O) groups is 1. The first-order chi connectivity index (χ1) is 8.57. The molecule has 2 rings (SSSR count). The number of hydrogen-bond donors (Lipinski definition) is 1.